The van der Waals surface area contributed by atoms with E-state index in [0.717, 1.165) is 5.56 Å². The molecule has 0 aliphatic rings. The fourth-order valence-electron chi connectivity index (χ4n) is 2.86. The summed E-state index contributed by atoms with van der Waals surface area (Å²) >= 11 is 0. The molecule has 0 aliphatic heterocycles. The highest BCUT2D eigenvalue weighted by atomic mass is 16.3. The molecule has 0 atom stereocenters. The molecule has 29 heavy (non-hydrogen) atoms. The van der Waals surface area contributed by atoms with Crippen LogP contribution in [0.2, 0.25) is 0 Å². The quantitative estimate of drug-likeness (QED) is 0.654. The molecule has 5 heteroatoms. The highest BCUT2D eigenvalue weighted by Gasteiger charge is 2.14. The summed E-state index contributed by atoms with van der Waals surface area (Å²) in [5, 5.41) is 5.72. The molecular weight excluding hydrogens is 364 g/mol. The van der Waals surface area contributed by atoms with E-state index in [2.05, 4.69) is 31.4 Å². The molecule has 0 aliphatic carbocycles. The Morgan fingerprint density at radius 3 is 1.86 bits per heavy atom. The summed E-state index contributed by atoms with van der Waals surface area (Å²) in [4.78, 5) is 24.5. The molecule has 150 valence electrons. The third kappa shape index (κ3) is 5.57. The second kappa shape index (κ2) is 8.78. The van der Waals surface area contributed by atoms with Crippen LogP contribution in [0, 0.1) is 0 Å². The minimum Gasteiger partial charge on any atom is -0.467 e. The molecule has 3 rings (SSSR count). The number of carbonyl (C=O) groups excluding carboxylic acids is 2. The van der Waals surface area contributed by atoms with E-state index in [-0.39, 0.29) is 17.2 Å². The second-order valence-electron chi connectivity index (χ2n) is 7.97. The largest absolute Gasteiger partial charge is 0.467 e. The van der Waals surface area contributed by atoms with Crippen LogP contribution in [0.3, 0.4) is 0 Å². The van der Waals surface area contributed by atoms with E-state index in [4.69, 9.17) is 4.42 Å². The number of benzene rings is 2. The molecule has 2 aromatic carbocycles. The van der Waals surface area contributed by atoms with Crippen molar-refractivity contribution in [1.82, 2.24) is 10.6 Å². The van der Waals surface area contributed by atoms with Crippen LogP contribution >= 0.6 is 0 Å². The van der Waals surface area contributed by atoms with E-state index in [0.29, 0.717) is 30.0 Å². The topological polar surface area (TPSA) is 71.3 Å². The minimum atomic E-state index is -0.170. The van der Waals surface area contributed by atoms with Crippen molar-refractivity contribution >= 4 is 11.8 Å². The fourth-order valence-corrected chi connectivity index (χ4v) is 2.86. The van der Waals surface area contributed by atoms with Gasteiger partial charge in [0.25, 0.3) is 11.8 Å². The molecule has 0 saturated heterocycles. The summed E-state index contributed by atoms with van der Waals surface area (Å²) < 4.78 is 5.20. The van der Waals surface area contributed by atoms with Crippen molar-refractivity contribution in [3.8, 4) is 0 Å². The molecule has 5 nitrogen and oxygen atoms in total. The van der Waals surface area contributed by atoms with Crippen molar-refractivity contribution in [3.05, 3.63) is 94.9 Å². The van der Waals surface area contributed by atoms with Crippen LogP contribution in [-0.4, -0.2) is 11.8 Å². The number of nitrogens with one attached hydrogen (secondary N) is 2. The maximum absolute atomic E-state index is 12.4. The Labute approximate surface area is 171 Å². The second-order valence-corrected chi connectivity index (χ2v) is 7.97. The van der Waals surface area contributed by atoms with Gasteiger partial charge in [-0.3, -0.25) is 9.59 Å². The molecule has 2 N–H and O–H groups in total. The Kier molecular flexibility index (Phi) is 6.17. The molecule has 0 spiro atoms. The van der Waals surface area contributed by atoms with Crippen LogP contribution in [0.5, 0.6) is 0 Å². The zero-order valence-corrected chi connectivity index (χ0v) is 17.0. The Morgan fingerprint density at radius 2 is 1.34 bits per heavy atom. The van der Waals surface area contributed by atoms with Gasteiger partial charge >= 0.3 is 0 Å². The van der Waals surface area contributed by atoms with Gasteiger partial charge in [-0.2, -0.15) is 0 Å². The lowest BCUT2D eigenvalue weighted by atomic mass is 9.87. The van der Waals surface area contributed by atoms with Crippen molar-refractivity contribution in [2.75, 3.05) is 0 Å². The summed E-state index contributed by atoms with van der Waals surface area (Å²) in [6, 6.07) is 18.4. The van der Waals surface area contributed by atoms with Gasteiger partial charge in [-0.1, -0.05) is 45.0 Å². The van der Waals surface area contributed by atoms with Crippen molar-refractivity contribution in [2.45, 2.75) is 39.3 Å². The first-order valence-corrected chi connectivity index (χ1v) is 9.61. The summed E-state index contributed by atoms with van der Waals surface area (Å²) in [5.74, 6) is 0.412. The standard InChI is InChI=1S/C24H26N2O3/c1-24(2,3)20-12-10-19(11-13-20)22(27)25-15-17-6-8-18(9-7-17)23(28)26-16-21-5-4-14-29-21/h4-14H,15-16H2,1-3H3,(H,25,27)(H,26,28). The first kappa shape index (κ1) is 20.4. The van der Waals surface area contributed by atoms with Crippen LogP contribution in [0.1, 0.15) is 58.4 Å². The Bertz CT molecular complexity index is 951. The van der Waals surface area contributed by atoms with Gasteiger partial charge in [0, 0.05) is 17.7 Å². The van der Waals surface area contributed by atoms with Crippen molar-refractivity contribution in [2.24, 2.45) is 0 Å². The van der Waals surface area contributed by atoms with E-state index in [1.807, 2.05) is 42.5 Å². The van der Waals surface area contributed by atoms with Gasteiger partial charge in [0.2, 0.25) is 0 Å². The van der Waals surface area contributed by atoms with Gasteiger partial charge in [0.1, 0.15) is 5.76 Å². The summed E-state index contributed by atoms with van der Waals surface area (Å²) in [5.41, 5.74) is 3.36. The number of hydrogen-bond acceptors (Lipinski definition) is 3. The van der Waals surface area contributed by atoms with Gasteiger partial charge in [0.15, 0.2) is 0 Å². The highest BCUT2D eigenvalue weighted by molar-refractivity contribution is 5.95. The van der Waals surface area contributed by atoms with E-state index in [1.54, 1.807) is 24.5 Å². The van der Waals surface area contributed by atoms with Gasteiger partial charge in [-0.15, -0.1) is 0 Å². The Morgan fingerprint density at radius 1 is 0.793 bits per heavy atom. The van der Waals surface area contributed by atoms with Gasteiger partial charge in [-0.25, -0.2) is 0 Å². The van der Waals surface area contributed by atoms with Crippen molar-refractivity contribution in [1.29, 1.82) is 0 Å². The SMILES string of the molecule is CC(C)(C)c1ccc(C(=O)NCc2ccc(C(=O)NCc3ccco3)cc2)cc1. The lowest BCUT2D eigenvalue weighted by Crippen LogP contribution is -2.24. The average molecular weight is 390 g/mol. The van der Waals surface area contributed by atoms with E-state index in [9.17, 15) is 9.59 Å². The van der Waals surface area contributed by atoms with E-state index >= 15 is 0 Å². The normalized spacial score (nSPS) is 11.1. The van der Waals surface area contributed by atoms with Crippen LogP contribution < -0.4 is 10.6 Å². The first-order valence-electron chi connectivity index (χ1n) is 9.61. The lowest BCUT2D eigenvalue weighted by molar-refractivity contribution is 0.0940. The number of amides is 2. The third-order valence-corrected chi connectivity index (χ3v) is 4.69. The highest BCUT2D eigenvalue weighted by Crippen LogP contribution is 2.22. The maximum atomic E-state index is 12.4. The van der Waals surface area contributed by atoms with Crippen LogP contribution in [-0.2, 0) is 18.5 Å². The molecule has 0 fully saturated rings. The molecule has 2 amide bonds. The zero-order valence-electron chi connectivity index (χ0n) is 17.0. The minimum absolute atomic E-state index is 0.0565. The lowest BCUT2D eigenvalue weighted by Gasteiger charge is -2.19. The number of hydrogen-bond donors (Lipinski definition) is 2. The van der Waals surface area contributed by atoms with Crippen LogP contribution in [0.25, 0.3) is 0 Å². The molecular formula is C24H26N2O3. The number of carbonyl (C=O) groups is 2. The summed E-state index contributed by atoms with van der Waals surface area (Å²) in [6.45, 7) is 7.17. The molecule has 1 heterocycles. The Balaban J connectivity index is 1.51. The van der Waals surface area contributed by atoms with Crippen molar-refractivity contribution in [3.63, 3.8) is 0 Å². The molecule has 0 unspecified atom stereocenters. The van der Waals surface area contributed by atoms with Gasteiger partial charge < -0.3 is 15.1 Å². The van der Waals surface area contributed by atoms with E-state index in [1.165, 1.54) is 5.56 Å². The predicted molar refractivity (Wildman–Crippen MR) is 113 cm³/mol. The summed E-state index contributed by atoms with van der Waals surface area (Å²) in [6.07, 6.45) is 1.57. The smallest absolute Gasteiger partial charge is 0.251 e. The first-order chi connectivity index (χ1) is 13.8. The summed E-state index contributed by atoms with van der Waals surface area (Å²) in [7, 11) is 0. The average Bonchev–Trinajstić information content (AvgIpc) is 3.24. The Hall–Kier alpha value is -3.34. The molecule has 1 aromatic heterocycles. The maximum Gasteiger partial charge on any atom is 0.251 e. The van der Waals surface area contributed by atoms with E-state index < -0.39 is 0 Å². The third-order valence-electron chi connectivity index (χ3n) is 4.69. The fraction of sp³-hybridized carbons (Fsp3) is 0.250. The van der Waals surface area contributed by atoms with Gasteiger partial charge in [0.05, 0.1) is 12.8 Å². The van der Waals surface area contributed by atoms with Crippen molar-refractivity contribution < 1.29 is 14.0 Å². The number of furan rings is 1. The molecule has 0 radical (unpaired) electrons. The number of rotatable bonds is 6. The predicted octanol–water partition coefficient (Wildman–Crippen LogP) is 4.44. The zero-order chi connectivity index (χ0) is 20.9. The van der Waals surface area contributed by atoms with Gasteiger partial charge in [-0.05, 0) is 52.9 Å². The molecule has 3 aromatic rings. The molecule has 0 saturated carbocycles. The van der Waals surface area contributed by atoms with Crippen LogP contribution in [0.15, 0.2) is 71.3 Å². The molecule has 0 bridgehead atoms. The monoisotopic (exact) mass is 390 g/mol. The van der Waals surface area contributed by atoms with Crippen LogP contribution in [0.4, 0.5) is 0 Å².